The van der Waals surface area contributed by atoms with Gasteiger partial charge in [-0.2, -0.15) is 0 Å². The second-order valence-electron chi connectivity index (χ2n) is 7.82. The summed E-state index contributed by atoms with van der Waals surface area (Å²) in [4.78, 5) is 25.0. The summed E-state index contributed by atoms with van der Waals surface area (Å²) in [5, 5.41) is 7.12. The van der Waals surface area contributed by atoms with Crippen LogP contribution in [0.15, 0.2) is 33.5 Å². The first-order chi connectivity index (χ1) is 11.9. The smallest absolute Gasteiger partial charge is 0.362 e. The third-order valence-corrected chi connectivity index (χ3v) is 4.69. The van der Waals surface area contributed by atoms with E-state index in [1.807, 2.05) is 39.0 Å². The van der Waals surface area contributed by atoms with Gasteiger partial charge in [-0.3, -0.25) is 4.79 Å². The number of hydrogen-bond donors (Lipinski definition) is 2. The lowest BCUT2D eigenvalue weighted by atomic mass is 9.94. The van der Waals surface area contributed by atoms with Gasteiger partial charge in [0, 0.05) is 16.8 Å². The lowest BCUT2D eigenvalue weighted by molar-refractivity contribution is -0.123. The van der Waals surface area contributed by atoms with Crippen LogP contribution in [0.3, 0.4) is 0 Å². The number of nitrogens with one attached hydrogen (secondary N) is 2. The Bertz CT molecular complexity index is 827. The van der Waals surface area contributed by atoms with Crippen molar-refractivity contribution in [2.75, 3.05) is 10.6 Å². The monoisotopic (exact) mass is 342 g/mol. The number of hydrogen-bond acceptors (Lipinski definition) is 4. The largest absolute Gasteiger partial charge is 0.421 e. The number of amides is 1. The number of benzene rings is 1. The topological polar surface area (TPSA) is 71.3 Å². The van der Waals surface area contributed by atoms with Crippen molar-refractivity contribution in [3.63, 3.8) is 0 Å². The molecule has 134 valence electrons. The van der Waals surface area contributed by atoms with E-state index in [2.05, 4.69) is 10.6 Å². The molecule has 2 N–H and O–H groups in total. The Labute approximate surface area is 147 Å². The second kappa shape index (κ2) is 6.90. The van der Waals surface area contributed by atoms with Crippen LogP contribution in [0.1, 0.15) is 52.9 Å². The van der Waals surface area contributed by atoms with Gasteiger partial charge in [-0.15, -0.1) is 0 Å². The van der Waals surface area contributed by atoms with E-state index >= 15 is 0 Å². The first kappa shape index (κ1) is 17.5. The maximum atomic E-state index is 12.5. The highest BCUT2D eigenvalue weighted by molar-refractivity contribution is 6.03. The maximum Gasteiger partial charge on any atom is 0.362 e. The van der Waals surface area contributed by atoms with Gasteiger partial charge in [0.25, 0.3) is 0 Å². The fourth-order valence-corrected chi connectivity index (χ4v) is 3.17. The number of fused-ring (bicyclic) bond motifs is 1. The van der Waals surface area contributed by atoms with Gasteiger partial charge in [0.15, 0.2) is 5.69 Å². The minimum absolute atomic E-state index is 0.207. The molecular formula is C20H26N2O3. The molecule has 1 aromatic carbocycles. The maximum absolute atomic E-state index is 12.5. The van der Waals surface area contributed by atoms with Crippen LogP contribution < -0.4 is 16.3 Å². The summed E-state index contributed by atoms with van der Waals surface area (Å²) in [6, 6.07) is 7.74. The molecule has 1 aliphatic carbocycles. The first-order valence-corrected chi connectivity index (χ1v) is 9.00. The Morgan fingerprint density at radius 2 is 1.76 bits per heavy atom. The molecule has 1 fully saturated rings. The molecule has 5 heteroatoms. The van der Waals surface area contributed by atoms with Crippen molar-refractivity contribution >= 4 is 28.3 Å². The quantitative estimate of drug-likeness (QED) is 0.804. The SMILES string of the molecule is CC(C)(C)C(=O)Nc1c(NC2CCCCC2)c2ccccc2oc1=O. The van der Waals surface area contributed by atoms with Gasteiger partial charge >= 0.3 is 5.63 Å². The van der Waals surface area contributed by atoms with Gasteiger partial charge in [0.05, 0.1) is 5.69 Å². The fourth-order valence-electron chi connectivity index (χ4n) is 3.17. The molecule has 0 unspecified atom stereocenters. The van der Waals surface area contributed by atoms with Crippen molar-refractivity contribution in [2.45, 2.75) is 58.9 Å². The molecule has 25 heavy (non-hydrogen) atoms. The van der Waals surface area contributed by atoms with E-state index in [1.54, 1.807) is 6.07 Å². The average Bonchev–Trinajstić information content (AvgIpc) is 2.57. The van der Waals surface area contributed by atoms with Crippen LogP contribution in [0.4, 0.5) is 11.4 Å². The third kappa shape index (κ3) is 3.86. The van der Waals surface area contributed by atoms with Crippen LogP contribution in [0.5, 0.6) is 0 Å². The standard InChI is InChI=1S/C20H26N2O3/c1-20(2,3)19(24)22-17-16(21-13-9-5-4-6-10-13)14-11-7-8-12-15(14)25-18(17)23/h7-8,11-13,21H,4-6,9-10H2,1-3H3,(H,22,24). The molecule has 0 atom stereocenters. The van der Waals surface area contributed by atoms with Crippen LogP contribution in [-0.2, 0) is 4.79 Å². The summed E-state index contributed by atoms with van der Waals surface area (Å²) < 4.78 is 5.43. The Balaban J connectivity index is 2.07. The van der Waals surface area contributed by atoms with Crippen molar-refractivity contribution in [1.29, 1.82) is 0 Å². The van der Waals surface area contributed by atoms with Crippen molar-refractivity contribution in [3.8, 4) is 0 Å². The van der Waals surface area contributed by atoms with E-state index in [0.717, 1.165) is 18.2 Å². The summed E-state index contributed by atoms with van der Waals surface area (Å²) >= 11 is 0. The van der Waals surface area contributed by atoms with Crippen molar-refractivity contribution in [1.82, 2.24) is 0 Å². The summed E-state index contributed by atoms with van der Waals surface area (Å²) in [5.74, 6) is -0.207. The zero-order valence-corrected chi connectivity index (χ0v) is 15.1. The molecule has 1 aliphatic rings. The van der Waals surface area contributed by atoms with Crippen LogP contribution in [0, 0.1) is 5.41 Å². The van der Waals surface area contributed by atoms with Gasteiger partial charge in [-0.1, -0.05) is 52.2 Å². The predicted octanol–water partition coefficient (Wildman–Crippen LogP) is 4.52. The zero-order valence-electron chi connectivity index (χ0n) is 15.1. The molecular weight excluding hydrogens is 316 g/mol. The van der Waals surface area contributed by atoms with E-state index in [1.165, 1.54) is 19.3 Å². The molecule has 2 aromatic rings. The summed E-state index contributed by atoms with van der Waals surface area (Å²) in [5.41, 5.74) is 0.301. The van der Waals surface area contributed by atoms with E-state index < -0.39 is 11.0 Å². The molecule has 3 rings (SSSR count). The average molecular weight is 342 g/mol. The molecule has 1 aromatic heterocycles. The molecule has 0 bridgehead atoms. The van der Waals surface area contributed by atoms with Crippen molar-refractivity contribution < 1.29 is 9.21 Å². The number of anilines is 2. The van der Waals surface area contributed by atoms with Crippen LogP contribution in [0.25, 0.3) is 11.0 Å². The molecule has 1 heterocycles. The first-order valence-electron chi connectivity index (χ1n) is 9.00. The molecule has 1 amide bonds. The van der Waals surface area contributed by atoms with E-state index in [9.17, 15) is 9.59 Å². The normalized spacial score (nSPS) is 16.0. The Morgan fingerprint density at radius 1 is 1.08 bits per heavy atom. The molecule has 0 saturated heterocycles. The highest BCUT2D eigenvalue weighted by Gasteiger charge is 2.26. The van der Waals surface area contributed by atoms with Crippen molar-refractivity contribution in [3.05, 3.63) is 34.7 Å². The summed E-state index contributed by atoms with van der Waals surface area (Å²) in [6.07, 6.45) is 5.76. The van der Waals surface area contributed by atoms with E-state index in [4.69, 9.17) is 4.42 Å². The summed E-state index contributed by atoms with van der Waals surface area (Å²) in [7, 11) is 0. The second-order valence-corrected chi connectivity index (χ2v) is 7.82. The summed E-state index contributed by atoms with van der Waals surface area (Å²) in [6.45, 7) is 5.46. The van der Waals surface area contributed by atoms with Gasteiger partial charge < -0.3 is 15.1 Å². The lowest BCUT2D eigenvalue weighted by Gasteiger charge is -2.26. The van der Waals surface area contributed by atoms with Crippen LogP contribution in [0.2, 0.25) is 0 Å². The third-order valence-electron chi connectivity index (χ3n) is 4.69. The highest BCUT2D eigenvalue weighted by atomic mass is 16.4. The minimum Gasteiger partial charge on any atom is -0.421 e. The van der Waals surface area contributed by atoms with E-state index in [0.29, 0.717) is 17.3 Å². The Hall–Kier alpha value is -2.30. The van der Waals surface area contributed by atoms with Crippen LogP contribution in [-0.4, -0.2) is 11.9 Å². The Kier molecular flexibility index (Phi) is 4.84. The minimum atomic E-state index is -0.597. The number of para-hydroxylation sites is 1. The van der Waals surface area contributed by atoms with Crippen LogP contribution >= 0.6 is 0 Å². The molecule has 0 radical (unpaired) electrons. The van der Waals surface area contributed by atoms with Gasteiger partial charge in [0.1, 0.15) is 5.58 Å². The van der Waals surface area contributed by atoms with E-state index in [-0.39, 0.29) is 11.6 Å². The highest BCUT2D eigenvalue weighted by Crippen LogP contribution is 2.32. The molecule has 5 nitrogen and oxygen atoms in total. The lowest BCUT2D eigenvalue weighted by Crippen LogP contribution is -2.31. The predicted molar refractivity (Wildman–Crippen MR) is 101 cm³/mol. The molecule has 0 spiro atoms. The zero-order chi connectivity index (χ0) is 18.0. The van der Waals surface area contributed by atoms with Gasteiger partial charge in [-0.05, 0) is 25.0 Å². The number of carbonyl (C=O) groups is 1. The number of carbonyl (C=O) groups excluding carboxylic acids is 1. The fraction of sp³-hybridized carbons (Fsp3) is 0.500. The number of rotatable bonds is 3. The Morgan fingerprint density at radius 3 is 2.44 bits per heavy atom. The van der Waals surface area contributed by atoms with Crippen molar-refractivity contribution in [2.24, 2.45) is 5.41 Å². The molecule has 0 aliphatic heterocycles. The van der Waals surface area contributed by atoms with Gasteiger partial charge in [0.2, 0.25) is 5.91 Å². The molecule has 1 saturated carbocycles. The van der Waals surface area contributed by atoms with Gasteiger partial charge in [-0.25, -0.2) is 4.79 Å².